The van der Waals surface area contributed by atoms with E-state index in [-0.39, 0.29) is 5.91 Å². The van der Waals surface area contributed by atoms with E-state index in [2.05, 4.69) is 10.3 Å². The number of halogens is 3. The van der Waals surface area contributed by atoms with E-state index in [4.69, 9.17) is 0 Å². The molecular weight excluding hydrogens is 391 g/mol. The van der Waals surface area contributed by atoms with Crippen molar-refractivity contribution in [2.24, 2.45) is 0 Å². The Hall–Kier alpha value is -2.07. The topological polar surface area (TPSA) is 54.3 Å². The summed E-state index contributed by atoms with van der Waals surface area (Å²) in [5.74, 6) is 1.75. The summed E-state index contributed by atoms with van der Waals surface area (Å²) in [5.41, 5.74) is 0.274. The number of nitrogens with zero attached hydrogens (tertiary/aromatic N) is 5. The molecular formula is C18H22F3N5OS. The van der Waals surface area contributed by atoms with Gasteiger partial charge in [-0.3, -0.25) is 9.48 Å². The molecule has 1 aliphatic heterocycles. The zero-order valence-electron chi connectivity index (χ0n) is 15.5. The predicted molar refractivity (Wildman–Crippen MR) is 101 cm³/mol. The SMILES string of the molecule is CN(CCn1cc(C(=O)N2CCSCC2)nn1)Cc1cccc(C(F)(F)F)c1. The van der Waals surface area contributed by atoms with Crippen LogP contribution in [-0.2, 0) is 19.3 Å². The van der Waals surface area contributed by atoms with Gasteiger partial charge >= 0.3 is 6.18 Å². The van der Waals surface area contributed by atoms with Gasteiger partial charge < -0.3 is 9.80 Å². The lowest BCUT2D eigenvalue weighted by Crippen LogP contribution is -2.38. The van der Waals surface area contributed by atoms with E-state index in [0.717, 1.165) is 30.7 Å². The van der Waals surface area contributed by atoms with Gasteiger partial charge in [0, 0.05) is 37.7 Å². The average molecular weight is 413 g/mol. The molecule has 1 fully saturated rings. The Labute approximate surface area is 165 Å². The molecule has 28 heavy (non-hydrogen) atoms. The normalized spacial score (nSPS) is 15.2. The number of aromatic nitrogens is 3. The van der Waals surface area contributed by atoms with Crippen molar-refractivity contribution in [2.75, 3.05) is 38.2 Å². The smallest absolute Gasteiger partial charge is 0.336 e. The maximum atomic E-state index is 12.8. The number of amides is 1. The fourth-order valence-electron chi connectivity index (χ4n) is 2.94. The monoisotopic (exact) mass is 413 g/mol. The van der Waals surface area contributed by atoms with E-state index >= 15 is 0 Å². The van der Waals surface area contributed by atoms with E-state index in [1.165, 1.54) is 12.1 Å². The van der Waals surface area contributed by atoms with Crippen molar-refractivity contribution >= 4 is 17.7 Å². The number of hydrogen-bond acceptors (Lipinski definition) is 5. The van der Waals surface area contributed by atoms with Crippen molar-refractivity contribution in [3.8, 4) is 0 Å². The molecule has 1 aliphatic rings. The quantitative estimate of drug-likeness (QED) is 0.729. The van der Waals surface area contributed by atoms with E-state index in [1.54, 1.807) is 21.8 Å². The molecule has 1 aromatic carbocycles. The zero-order chi connectivity index (χ0) is 20.1. The van der Waals surface area contributed by atoms with Gasteiger partial charge in [0.15, 0.2) is 5.69 Å². The van der Waals surface area contributed by atoms with E-state index in [1.807, 2.05) is 23.7 Å². The minimum atomic E-state index is -4.34. The number of hydrogen-bond donors (Lipinski definition) is 0. The molecule has 1 aromatic heterocycles. The summed E-state index contributed by atoms with van der Waals surface area (Å²) in [7, 11) is 1.83. The Kier molecular flexibility index (Phi) is 6.61. The lowest BCUT2D eigenvalue weighted by Gasteiger charge is -2.25. The molecule has 152 valence electrons. The molecule has 0 aliphatic carbocycles. The Balaban J connectivity index is 1.52. The van der Waals surface area contributed by atoms with Crippen LogP contribution in [0.3, 0.4) is 0 Å². The maximum Gasteiger partial charge on any atom is 0.416 e. The van der Waals surface area contributed by atoms with Crippen LogP contribution < -0.4 is 0 Å². The first-order valence-electron chi connectivity index (χ1n) is 8.95. The first kappa shape index (κ1) is 20.7. The number of benzene rings is 1. The first-order valence-corrected chi connectivity index (χ1v) is 10.1. The number of likely N-dealkylation sites (N-methyl/N-ethyl adjacent to an activating group) is 1. The largest absolute Gasteiger partial charge is 0.416 e. The van der Waals surface area contributed by atoms with Gasteiger partial charge in [-0.05, 0) is 18.7 Å². The Morgan fingerprint density at radius 3 is 2.75 bits per heavy atom. The van der Waals surface area contributed by atoms with Crippen LogP contribution in [0, 0.1) is 0 Å². The third-order valence-corrected chi connectivity index (χ3v) is 5.42. The van der Waals surface area contributed by atoms with Crippen LogP contribution in [0.5, 0.6) is 0 Å². The van der Waals surface area contributed by atoms with Gasteiger partial charge in [-0.15, -0.1) is 5.10 Å². The van der Waals surface area contributed by atoms with Gasteiger partial charge in [-0.1, -0.05) is 23.4 Å². The van der Waals surface area contributed by atoms with E-state index in [9.17, 15) is 18.0 Å². The number of thioether (sulfide) groups is 1. The Morgan fingerprint density at radius 1 is 1.29 bits per heavy atom. The summed E-state index contributed by atoms with van der Waals surface area (Å²) in [4.78, 5) is 16.1. The molecule has 0 N–H and O–H groups in total. The molecule has 0 radical (unpaired) electrons. The fourth-order valence-corrected chi connectivity index (χ4v) is 3.85. The summed E-state index contributed by atoms with van der Waals surface area (Å²) in [6.45, 7) is 2.88. The highest BCUT2D eigenvalue weighted by Crippen LogP contribution is 2.29. The summed E-state index contributed by atoms with van der Waals surface area (Å²) < 4.78 is 40.0. The molecule has 10 heteroatoms. The van der Waals surface area contributed by atoms with Crippen molar-refractivity contribution in [3.05, 3.63) is 47.3 Å². The lowest BCUT2D eigenvalue weighted by molar-refractivity contribution is -0.137. The summed E-state index contributed by atoms with van der Waals surface area (Å²) >= 11 is 1.83. The number of carbonyl (C=O) groups is 1. The Bertz CT molecular complexity index is 805. The van der Waals surface area contributed by atoms with Crippen LogP contribution >= 0.6 is 11.8 Å². The average Bonchev–Trinajstić information content (AvgIpc) is 3.15. The summed E-state index contributed by atoms with van der Waals surface area (Å²) in [6.07, 6.45) is -2.71. The van der Waals surface area contributed by atoms with Crippen molar-refractivity contribution < 1.29 is 18.0 Å². The van der Waals surface area contributed by atoms with Crippen LogP contribution in [0.15, 0.2) is 30.5 Å². The van der Waals surface area contributed by atoms with Crippen LogP contribution in [0.1, 0.15) is 21.6 Å². The number of alkyl halides is 3. The second-order valence-electron chi connectivity index (χ2n) is 6.71. The molecule has 0 bridgehead atoms. The van der Waals surface area contributed by atoms with Crippen LogP contribution in [0.25, 0.3) is 0 Å². The maximum absolute atomic E-state index is 12.8. The molecule has 0 spiro atoms. The first-order chi connectivity index (χ1) is 13.3. The highest BCUT2D eigenvalue weighted by atomic mass is 32.2. The van der Waals surface area contributed by atoms with Crippen LogP contribution in [-0.4, -0.2) is 68.9 Å². The van der Waals surface area contributed by atoms with Gasteiger partial charge in [0.05, 0.1) is 18.3 Å². The second kappa shape index (κ2) is 8.95. The van der Waals surface area contributed by atoms with Gasteiger partial charge in [0.25, 0.3) is 5.91 Å². The highest BCUT2D eigenvalue weighted by molar-refractivity contribution is 7.99. The molecule has 3 rings (SSSR count). The molecule has 2 heterocycles. The summed E-state index contributed by atoms with van der Waals surface area (Å²) in [5, 5.41) is 7.96. The number of rotatable bonds is 6. The van der Waals surface area contributed by atoms with Gasteiger partial charge in [0.2, 0.25) is 0 Å². The second-order valence-corrected chi connectivity index (χ2v) is 7.93. The predicted octanol–water partition coefficient (Wildman–Crippen LogP) is 2.62. The van der Waals surface area contributed by atoms with Gasteiger partial charge in [-0.2, -0.15) is 24.9 Å². The van der Waals surface area contributed by atoms with Gasteiger partial charge in [0.1, 0.15) is 0 Å². The lowest BCUT2D eigenvalue weighted by atomic mass is 10.1. The van der Waals surface area contributed by atoms with E-state index < -0.39 is 11.7 Å². The molecule has 0 atom stereocenters. The van der Waals surface area contributed by atoms with Crippen LogP contribution in [0.4, 0.5) is 13.2 Å². The Morgan fingerprint density at radius 2 is 2.04 bits per heavy atom. The third-order valence-electron chi connectivity index (χ3n) is 4.47. The molecule has 2 aromatic rings. The fraction of sp³-hybridized carbons (Fsp3) is 0.500. The minimum Gasteiger partial charge on any atom is -0.336 e. The van der Waals surface area contributed by atoms with Crippen molar-refractivity contribution in [2.45, 2.75) is 19.3 Å². The zero-order valence-corrected chi connectivity index (χ0v) is 16.3. The molecule has 6 nitrogen and oxygen atoms in total. The molecule has 1 amide bonds. The third kappa shape index (κ3) is 5.48. The van der Waals surface area contributed by atoms with Crippen LogP contribution in [0.2, 0.25) is 0 Å². The molecule has 0 unspecified atom stereocenters. The van der Waals surface area contributed by atoms with Gasteiger partial charge in [-0.25, -0.2) is 0 Å². The highest BCUT2D eigenvalue weighted by Gasteiger charge is 2.30. The van der Waals surface area contributed by atoms with Crippen molar-refractivity contribution in [1.29, 1.82) is 0 Å². The number of carbonyl (C=O) groups excluding carboxylic acids is 1. The van der Waals surface area contributed by atoms with Crippen molar-refractivity contribution in [3.63, 3.8) is 0 Å². The standard InChI is InChI=1S/C18H22F3N5OS/c1-24(12-14-3-2-4-15(11-14)18(19,20)21)5-6-26-13-16(22-23-26)17(27)25-7-9-28-10-8-25/h2-4,11,13H,5-10,12H2,1H3. The minimum absolute atomic E-state index is 0.108. The molecule has 1 saturated heterocycles. The summed E-state index contributed by atoms with van der Waals surface area (Å²) in [6, 6.07) is 5.33. The molecule has 0 saturated carbocycles. The van der Waals surface area contributed by atoms with E-state index in [0.29, 0.717) is 30.9 Å². The van der Waals surface area contributed by atoms with Crippen molar-refractivity contribution in [1.82, 2.24) is 24.8 Å².